The summed E-state index contributed by atoms with van der Waals surface area (Å²) >= 11 is 0. The third-order valence-corrected chi connectivity index (χ3v) is 7.33. The molecule has 0 unspecified atom stereocenters. The van der Waals surface area contributed by atoms with Crippen molar-refractivity contribution in [3.63, 3.8) is 0 Å². The first-order chi connectivity index (χ1) is 20.3. The molecule has 0 aromatic heterocycles. The molecule has 3 aliphatic heterocycles. The zero-order chi connectivity index (χ0) is 31.6. The topological polar surface area (TPSA) is 301 Å². The summed E-state index contributed by atoms with van der Waals surface area (Å²) in [5.74, 6) is 0.0308. The van der Waals surface area contributed by atoms with E-state index in [-0.39, 0.29) is 11.4 Å². The molecule has 15 atom stereocenters. The maximum Gasteiger partial charge on any atom is 0.269 e. The zero-order valence-corrected chi connectivity index (χ0v) is 22.3. The summed E-state index contributed by atoms with van der Waals surface area (Å²) in [6, 6.07) is 4.72. The number of non-ortho nitro benzene ring substituents is 1. The second-order valence-electron chi connectivity index (χ2n) is 10.3. The molecule has 19 heteroatoms. The Hall–Kier alpha value is -2.18. The Morgan fingerprint density at radius 2 is 1.00 bits per heavy atom. The maximum atomic E-state index is 10.8. The summed E-state index contributed by atoms with van der Waals surface area (Å²) in [7, 11) is 0. The van der Waals surface area contributed by atoms with Crippen molar-refractivity contribution in [2.24, 2.45) is 0 Å². The number of aliphatic hydroxyl groups is 10. The van der Waals surface area contributed by atoms with Gasteiger partial charge in [-0.25, -0.2) is 0 Å². The number of rotatable bonds is 10. The van der Waals surface area contributed by atoms with Crippen molar-refractivity contribution in [2.75, 3.05) is 19.8 Å². The van der Waals surface area contributed by atoms with Gasteiger partial charge in [0.2, 0.25) is 6.29 Å². The Balaban J connectivity index is 1.36. The van der Waals surface area contributed by atoms with E-state index in [4.69, 9.17) is 28.4 Å². The third kappa shape index (κ3) is 7.39. The average molecular weight is 626 g/mol. The van der Waals surface area contributed by atoms with Crippen LogP contribution in [0.2, 0.25) is 0 Å². The van der Waals surface area contributed by atoms with Gasteiger partial charge in [0.25, 0.3) is 5.69 Å². The van der Waals surface area contributed by atoms with Crippen LogP contribution in [-0.4, -0.2) is 168 Å². The molecule has 3 heterocycles. The molecule has 1 aromatic carbocycles. The average Bonchev–Trinajstić information content (AvgIpc) is 2.99. The van der Waals surface area contributed by atoms with Crippen LogP contribution >= 0.6 is 0 Å². The van der Waals surface area contributed by atoms with E-state index < -0.39 is 117 Å². The van der Waals surface area contributed by atoms with Crippen molar-refractivity contribution >= 4 is 5.69 Å². The van der Waals surface area contributed by atoms with Crippen molar-refractivity contribution in [3.8, 4) is 5.75 Å². The van der Waals surface area contributed by atoms with Crippen molar-refractivity contribution in [1.29, 1.82) is 0 Å². The highest BCUT2D eigenvalue weighted by molar-refractivity contribution is 5.36. The van der Waals surface area contributed by atoms with Crippen molar-refractivity contribution in [1.82, 2.24) is 0 Å². The van der Waals surface area contributed by atoms with Crippen LogP contribution in [0.4, 0.5) is 5.69 Å². The first kappa shape index (κ1) is 33.7. The number of hydrogen-bond donors (Lipinski definition) is 10. The minimum absolute atomic E-state index is 0.0308. The van der Waals surface area contributed by atoms with Gasteiger partial charge in [-0.05, 0) is 12.1 Å². The molecule has 4 rings (SSSR count). The lowest BCUT2D eigenvalue weighted by atomic mass is 9.98. The summed E-state index contributed by atoms with van der Waals surface area (Å²) in [5.41, 5.74) is -0.227. The number of benzene rings is 1. The second kappa shape index (κ2) is 14.3. The fraction of sp³-hybridized carbons (Fsp3) is 0.750. The van der Waals surface area contributed by atoms with E-state index in [1.165, 1.54) is 12.1 Å². The summed E-state index contributed by atoms with van der Waals surface area (Å²) in [5, 5.41) is 112. The normalized spacial score (nSPS) is 43.7. The van der Waals surface area contributed by atoms with E-state index in [1.807, 2.05) is 0 Å². The second-order valence-corrected chi connectivity index (χ2v) is 10.3. The molecule has 0 aliphatic carbocycles. The predicted molar refractivity (Wildman–Crippen MR) is 133 cm³/mol. The van der Waals surface area contributed by atoms with Gasteiger partial charge in [-0.1, -0.05) is 0 Å². The smallest absolute Gasteiger partial charge is 0.269 e. The van der Waals surface area contributed by atoms with E-state index >= 15 is 0 Å². The molecule has 43 heavy (non-hydrogen) atoms. The number of aliphatic hydroxyl groups excluding tert-OH is 10. The molecule has 0 saturated carbocycles. The summed E-state index contributed by atoms with van der Waals surface area (Å²) in [6.45, 7) is -1.93. The van der Waals surface area contributed by atoms with Gasteiger partial charge in [-0.2, -0.15) is 0 Å². The van der Waals surface area contributed by atoms with Gasteiger partial charge >= 0.3 is 0 Å². The van der Waals surface area contributed by atoms with Gasteiger partial charge in [-0.15, -0.1) is 0 Å². The Labute approximate surface area is 242 Å². The molecule has 3 fully saturated rings. The molecule has 0 radical (unpaired) electrons. The van der Waals surface area contributed by atoms with Crippen LogP contribution in [0.15, 0.2) is 24.3 Å². The van der Waals surface area contributed by atoms with Gasteiger partial charge in [0.05, 0.1) is 24.7 Å². The maximum absolute atomic E-state index is 10.8. The highest BCUT2D eigenvalue weighted by Gasteiger charge is 2.49. The lowest BCUT2D eigenvalue weighted by Gasteiger charge is -2.43. The van der Waals surface area contributed by atoms with Crippen LogP contribution in [0.1, 0.15) is 0 Å². The van der Waals surface area contributed by atoms with Gasteiger partial charge in [0.15, 0.2) is 12.6 Å². The largest absolute Gasteiger partial charge is 0.462 e. The molecule has 10 N–H and O–H groups in total. The molecule has 19 nitrogen and oxygen atoms in total. The monoisotopic (exact) mass is 625 g/mol. The number of nitro benzene ring substituents is 1. The van der Waals surface area contributed by atoms with E-state index in [9.17, 15) is 61.2 Å². The summed E-state index contributed by atoms with van der Waals surface area (Å²) in [4.78, 5) is 10.2. The molecule has 0 spiro atoms. The quantitative estimate of drug-likeness (QED) is 0.0856. The van der Waals surface area contributed by atoms with Gasteiger partial charge in [0, 0.05) is 12.1 Å². The summed E-state index contributed by atoms with van der Waals surface area (Å²) < 4.78 is 32.5. The highest BCUT2D eigenvalue weighted by Crippen LogP contribution is 2.29. The number of nitro groups is 1. The van der Waals surface area contributed by atoms with Crippen LogP contribution < -0.4 is 4.74 Å². The van der Waals surface area contributed by atoms with Crippen molar-refractivity contribution < 1.29 is 84.4 Å². The first-order valence-corrected chi connectivity index (χ1v) is 13.2. The standard InChI is InChI=1S/C24H35NO18/c26-5-10-13(27)16(30)19(33)22(41-10)38-6-11-14(28)17(31)20(34)23(42-11)39-7-12-15(29)18(32)21(35)24(43-12)40-9-3-1-8(2-4-9)25(36)37/h1-4,10-24,26-35H,5-7H2/t10-,11-,12-,13+,14+,15+,16+,17+,18+,19-,20-,21-,22+,23+,24+/m1/s1. The first-order valence-electron chi connectivity index (χ1n) is 13.2. The van der Waals surface area contributed by atoms with E-state index in [0.29, 0.717) is 0 Å². The third-order valence-electron chi connectivity index (χ3n) is 7.33. The number of nitrogens with zero attached hydrogens (tertiary/aromatic N) is 1. The molecule has 3 saturated heterocycles. The Kier molecular flexibility index (Phi) is 11.2. The molecule has 244 valence electrons. The van der Waals surface area contributed by atoms with Crippen molar-refractivity contribution in [2.45, 2.75) is 92.1 Å². The van der Waals surface area contributed by atoms with E-state index in [0.717, 1.165) is 12.1 Å². The number of ether oxygens (including phenoxy) is 6. The number of hydrogen-bond acceptors (Lipinski definition) is 18. The molecule has 0 bridgehead atoms. The van der Waals surface area contributed by atoms with Crippen LogP contribution in [0.5, 0.6) is 5.75 Å². The van der Waals surface area contributed by atoms with Crippen LogP contribution in [0, 0.1) is 10.1 Å². The van der Waals surface area contributed by atoms with Gasteiger partial charge in [-0.3, -0.25) is 10.1 Å². The predicted octanol–water partition coefficient (Wildman–Crippen LogP) is -5.58. The molecular weight excluding hydrogens is 590 g/mol. The fourth-order valence-electron chi connectivity index (χ4n) is 4.71. The van der Waals surface area contributed by atoms with Crippen LogP contribution in [0.3, 0.4) is 0 Å². The van der Waals surface area contributed by atoms with Crippen molar-refractivity contribution in [3.05, 3.63) is 34.4 Å². The lowest BCUT2D eigenvalue weighted by molar-refractivity contribution is -0.384. The minimum atomic E-state index is -1.84. The Bertz CT molecular complexity index is 1050. The summed E-state index contributed by atoms with van der Waals surface area (Å²) in [6.07, 6.45) is -24.7. The minimum Gasteiger partial charge on any atom is -0.462 e. The lowest BCUT2D eigenvalue weighted by Crippen LogP contribution is -2.63. The zero-order valence-electron chi connectivity index (χ0n) is 22.3. The SMILES string of the molecule is O=[N+]([O-])c1ccc(O[C@H]2O[C@H](CO[C@H]3O[C@H](CO[C@H]4O[C@H](CO)[C@H](O)[C@H](O)[C@H]4O)[C@H](O)[C@H](O)[C@H]3O)[C@H](O)[C@H](O)[C@H]2O)cc1. The highest BCUT2D eigenvalue weighted by atomic mass is 16.7. The van der Waals surface area contributed by atoms with Gasteiger partial charge in [0.1, 0.15) is 79.0 Å². The molecular formula is C24H35NO18. The van der Waals surface area contributed by atoms with Crippen LogP contribution in [-0.2, 0) is 23.7 Å². The van der Waals surface area contributed by atoms with E-state index in [1.54, 1.807) is 0 Å². The fourth-order valence-corrected chi connectivity index (χ4v) is 4.71. The Morgan fingerprint density at radius 1 is 0.605 bits per heavy atom. The van der Waals surface area contributed by atoms with Crippen LogP contribution in [0.25, 0.3) is 0 Å². The van der Waals surface area contributed by atoms with E-state index in [2.05, 4.69) is 0 Å². The molecule has 0 amide bonds. The molecule has 1 aromatic rings. The molecule has 3 aliphatic rings. The van der Waals surface area contributed by atoms with Gasteiger partial charge < -0.3 is 79.5 Å². The Morgan fingerprint density at radius 3 is 1.44 bits per heavy atom.